The van der Waals surface area contributed by atoms with Gasteiger partial charge in [-0.3, -0.25) is 64.0 Å². The van der Waals surface area contributed by atoms with Crippen molar-refractivity contribution in [3.63, 3.8) is 0 Å². The molecule has 77 heavy (non-hydrogen) atoms. The number of hydrogen-bond acceptors (Lipinski definition) is 18. The largest absolute Gasteiger partial charge is 0.481 e. The molecule has 0 aliphatic heterocycles. The number of rotatable bonds is 11. The maximum absolute atomic E-state index is 12.2. The zero-order chi connectivity index (χ0) is 55.1. The van der Waals surface area contributed by atoms with Crippen molar-refractivity contribution in [2.45, 2.75) is 144 Å². The normalized spacial score (nSPS) is 14.1. The van der Waals surface area contributed by atoms with Crippen LogP contribution in [0.5, 0.6) is 0 Å². The molecule has 3 aliphatic carbocycles. The van der Waals surface area contributed by atoms with E-state index in [1.165, 1.54) is 51.5 Å². The Kier molecular flexibility index (Phi) is 23.3. The van der Waals surface area contributed by atoms with Gasteiger partial charge >= 0.3 is 39.6 Å². The summed E-state index contributed by atoms with van der Waals surface area (Å²) in [6.45, 7) is 2.36. The molecule has 3 fully saturated rings. The highest BCUT2D eigenvalue weighted by Crippen LogP contribution is 2.33. The number of carboxylic acid groups (broad SMARTS) is 1. The summed E-state index contributed by atoms with van der Waals surface area (Å²) >= 11 is 0. The van der Waals surface area contributed by atoms with Crippen LogP contribution in [0.2, 0.25) is 0 Å². The number of hydrogen-bond donors (Lipinski definition) is 9. The van der Waals surface area contributed by atoms with E-state index in [-0.39, 0.29) is 65.8 Å². The van der Waals surface area contributed by atoms with Gasteiger partial charge in [0, 0.05) is 25.5 Å². The lowest BCUT2D eigenvalue weighted by molar-refractivity contribution is -0.742. The number of carboxylic acids is 1. The Balaban J connectivity index is 0.000000281. The molecule has 0 atom stereocenters. The van der Waals surface area contributed by atoms with E-state index in [1.54, 1.807) is 0 Å². The van der Waals surface area contributed by atoms with Crippen LogP contribution in [0, 0.1) is 38.0 Å². The molecule has 29 nitrogen and oxygen atoms in total. The maximum atomic E-state index is 12.2. The van der Waals surface area contributed by atoms with E-state index in [4.69, 9.17) is 38.5 Å². The van der Waals surface area contributed by atoms with Gasteiger partial charge in [-0.05, 0) is 61.8 Å². The van der Waals surface area contributed by atoms with Gasteiger partial charge < -0.3 is 28.9 Å². The average molecular weight is 1090 g/mol. The van der Waals surface area contributed by atoms with E-state index in [9.17, 15) is 58.1 Å². The van der Waals surface area contributed by atoms with Crippen LogP contribution in [-0.4, -0.2) is 62.1 Å². The van der Waals surface area contributed by atoms with Crippen molar-refractivity contribution >= 4 is 56.6 Å². The molecule has 0 aromatic carbocycles. The quantitative estimate of drug-likeness (QED) is 0.0623. The van der Waals surface area contributed by atoms with Crippen LogP contribution in [0.15, 0.2) is 62.5 Å². The summed E-state index contributed by atoms with van der Waals surface area (Å²) in [7, 11) is 0. The Hall–Kier alpha value is -8.79. The van der Waals surface area contributed by atoms with Crippen molar-refractivity contribution in [2.24, 2.45) is 17.8 Å². The lowest BCUT2D eigenvalue weighted by Crippen LogP contribution is -2.26. The first-order chi connectivity index (χ1) is 35.5. The van der Waals surface area contributed by atoms with Crippen LogP contribution in [0.1, 0.15) is 142 Å². The predicted molar refractivity (Wildman–Crippen MR) is 279 cm³/mol. The molecule has 6 aromatic rings. The minimum Gasteiger partial charge on any atom is -0.481 e. The van der Waals surface area contributed by atoms with Crippen molar-refractivity contribution in [3.8, 4) is 0 Å². The summed E-state index contributed by atoms with van der Waals surface area (Å²) in [5.41, 5.74) is -6.83. The lowest BCUT2D eigenvalue weighted by Gasteiger charge is -2.13. The van der Waals surface area contributed by atoms with E-state index in [0.717, 1.165) is 58.3 Å². The number of carbonyl (C=O) groups is 2. The van der Waals surface area contributed by atoms with Gasteiger partial charge in [0.05, 0.1) is 10.5 Å². The standard InChI is InChI=1S/C16H19N3O5.C14H15N3O6.C14H16N2O4.C2H4O2.2CH4.HNO3/c1-8(20)17-12-10(7-6-9-4-2-3-5-9)11-13(21)18-16(23)19-14(11)24-15(12)22;18-11-9-8(6-5-7-3-1-2-4-7)10(17(21)22)13(19)23-12(9)16-14(20)15-11;17-10-7-9(6-5-8-3-1-2-4-8)11-12(18)15-14(19)16-13(11)20-10;1-2(3)4;;;2-1(3)4/h9H,2-7H2,1H3,(H,17,20)(H2,18,19,21,23);7H,1-6H2,(H2,15,16,18,20);7-8H,1-6H2,(H2,15,16,18,19);1H3,(H,3,4);2*1H4;(H,2,3,4). The number of nitro groups is 1. The van der Waals surface area contributed by atoms with Crippen LogP contribution >= 0.6 is 0 Å². The highest BCUT2D eigenvalue weighted by atomic mass is 16.9. The molecule has 1 amide bonds. The Morgan fingerprint density at radius 2 is 0.935 bits per heavy atom. The molecular weight excluding hydrogens is 1020 g/mol. The fourth-order valence-electron chi connectivity index (χ4n) is 9.72. The monoisotopic (exact) mass is 1090 g/mol. The fraction of sp³-hybridized carbons (Fsp3) is 0.521. The van der Waals surface area contributed by atoms with Crippen molar-refractivity contribution < 1.29 is 43.2 Å². The third-order valence-electron chi connectivity index (χ3n) is 12.9. The molecule has 0 bridgehead atoms. The molecule has 6 aromatic heterocycles. The number of aryl methyl sites for hydroxylation is 3. The van der Waals surface area contributed by atoms with Crippen LogP contribution < -0.4 is 55.9 Å². The first kappa shape index (κ1) is 62.5. The number of amides is 1. The molecule has 9 N–H and O–H groups in total. The zero-order valence-corrected chi connectivity index (χ0v) is 40.7. The smallest absolute Gasteiger partial charge is 0.416 e. The predicted octanol–water partition coefficient (Wildman–Crippen LogP) is 4.76. The van der Waals surface area contributed by atoms with Gasteiger partial charge in [-0.25, -0.2) is 28.8 Å². The SMILES string of the molecule is C.C.CC(=O)Nc1c(CCC2CCCC2)c2c(=O)[nH]c(=O)[nH]c2oc1=O.CC(=O)O.O=[N+]([O-])O.O=c1[nH]c(=O)c2c(CCC3CCCC3)c([N+](=O)[O-])c(=O)oc2[nH]1.O=c1[nH]c(=O)c2c(CCC3CCCC3)cc(=O)oc2[nH]1. The van der Waals surface area contributed by atoms with Crippen LogP contribution in [-0.2, 0) is 28.9 Å². The summed E-state index contributed by atoms with van der Waals surface area (Å²) in [6, 6.07) is 1.35. The van der Waals surface area contributed by atoms with E-state index in [1.807, 2.05) is 4.98 Å². The van der Waals surface area contributed by atoms with Crippen molar-refractivity contribution in [3.05, 3.63) is 137 Å². The van der Waals surface area contributed by atoms with Gasteiger partial charge in [-0.2, -0.15) is 0 Å². The minimum absolute atomic E-state index is 0. The molecule has 0 radical (unpaired) electrons. The Morgan fingerprint density at radius 1 is 0.584 bits per heavy atom. The molecule has 0 saturated heterocycles. The summed E-state index contributed by atoms with van der Waals surface area (Å²) in [4.78, 5) is 158. The average Bonchev–Trinajstić information content (AvgIpc) is 4.12. The maximum Gasteiger partial charge on any atom is 0.416 e. The minimum atomic E-state index is -1.50. The van der Waals surface area contributed by atoms with Crippen LogP contribution in [0.3, 0.4) is 0 Å². The van der Waals surface area contributed by atoms with Gasteiger partial charge in [-0.15, -0.1) is 10.1 Å². The highest BCUT2D eigenvalue weighted by Gasteiger charge is 2.28. The first-order valence-electron chi connectivity index (χ1n) is 23.9. The van der Waals surface area contributed by atoms with Crippen LogP contribution in [0.4, 0.5) is 11.4 Å². The Bertz CT molecular complexity index is 3590. The number of carbonyl (C=O) groups excluding carboxylic acids is 1. The Labute approximate surface area is 432 Å². The molecule has 9 rings (SSSR count). The summed E-state index contributed by atoms with van der Waals surface area (Å²) in [6.07, 6.45) is 17.7. The topological polar surface area (TPSA) is 461 Å². The van der Waals surface area contributed by atoms with Crippen molar-refractivity contribution in [1.29, 1.82) is 0 Å². The number of aromatic nitrogens is 6. The number of fused-ring (bicyclic) bond motifs is 3. The molecule has 6 heterocycles. The fourth-order valence-corrected chi connectivity index (χ4v) is 9.72. The third kappa shape index (κ3) is 17.7. The van der Waals surface area contributed by atoms with E-state index in [2.05, 4.69) is 30.2 Å². The number of H-pyrrole nitrogens is 6. The van der Waals surface area contributed by atoms with E-state index < -0.39 is 78.2 Å². The van der Waals surface area contributed by atoms with Gasteiger partial charge in [0.1, 0.15) is 21.8 Å². The molecule has 0 spiro atoms. The molecule has 3 aliphatic rings. The second kappa shape index (κ2) is 28.8. The molecule has 3 saturated carbocycles. The number of nitrogens with one attached hydrogen (secondary N) is 7. The highest BCUT2D eigenvalue weighted by molar-refractivity contribution is 5.92. The lowest BCUT2D eigenvalue weighted by atomic mass is 9.96. The summed E-state index contributed by atoms with van der Waals surface area (Å²) < 4.78 is 14.7. The number of nitrogens with zero attached hydrogens (tertiary/aromatic N) is 2. The van der Waals surface area contributed by atoms with E-state index in [0.29, 0.717) is 48.1 Å². The molecule has 420 valence electrons. The number of aromatic amines is 6. The summed E-state index contributed by atoms with van der Waals surface area (Å²) in [5.74, 6) is 0.377. The number of anilines is 1. The van der Waals surface area contributed by atoms with Crippen molar-refractivity contribution in [2.75, 3.05) is 5.32 Å². The van der Waals surface area contributed by atoms with Gasteiger partial charge in [0.15, 0.2) is 0 Å². The van der Waals surface area contributed by atoms with Gasteiger partial charge in [-0.1, -0.05) is 91.9 Å². The second-order valence-corrected chi connectivity index (χ2v) is 18.2. The summed E-state index contributed by atoms with van der Waals surface area (Å²) in [5, 5.41) is 35.0. The van der Waals surface area contributed by atoms with E-state index >= 15 is 0 Å². The van der Waals surface area contributed by atoms with Gasteiger partial charge in [0.25, 0.3) is 27.7 Å². The number of aliphatic carboxylic acids is 1. The van der Waals surface area contributed by atoms with Crippen molar-refractivity contribution in [1.82, 2.24) is 29.9 Å². The van der Waals surface area contributed by atoms with Gasteiger partial charge in [0.2, 0.25) is 23.0 Å². The first-order valence-corrected chi connectivity index (χ1v) is 23.9. The molecule has 0 unspecified atom stereocenters. The van der Waals surface area contributed by atoms with Crippen LogP contribution in [0.25, 0.3) is 33.3 Å². The molecular formula is C48H63N9O20. The zero-order valence-electron chi connectivity index (χ0n) is 40.7. The second-order valence-electron chi connectivity index (χ2n) is 18.2. The third-order valence-corrected chi connectivity index (χ3v) is 12.9. The Morgan fingerprint density at radius 3 is 1.34 bits per heavy atom. The molecule has 29 heteroatoms.